The zero-order chi connectivity index (χ0) is 23.5. The van der Waals surface area contributed by atoms with Crippen LogP contribution >= 0.6 is 0 Å². The highest BCUT2D eigenvalue weighted by atomic mass is 32.2. The smallest absolute Gasteiger partial charge is 0.322 e. The van der Waals surface area contributed by atoms with Crippen molar-refractivity contribution in [3.8, 4) is 0 Å². The van der Waals surface area contributed by atoms with Crippen LogP contribution in [0.3, 0.4) is 0 Å². The summed E-state index contributed by atoms with van der Waals surface area (Å²) in [7, 11) is -3.16. The molecular formula is C22H21F3N4O3S. The molecule has 174 valence electrons. The number of fused-ring (bicyclic) bond motifs is 1. The van der Waals surface area contributed by atoms with Gasteiger partial charge in [0.15, 0.2) is 15.5 Å². The molecule has 1 aromatic carbocycles. The number of rotatable bonds is 4. The number of halogens is 3. The number of nitrogens with one attached hydrogen (secondary N) is 1. The minimum atomic E-state index is -4.52. The molecule has 5 rings (SSSR count). The third kappa shape index (κ3) is 4.21. The molecule has 1 N–H and O–H groups in total. The molecule has 0 bridgehead atoms. The predicted molar refractivity (Wildman–Crippen MR) is 116 cm³/mol. The molecular weight excluding hydrogens is 457 g/mol. The molecule has 11 heteroatoms. The number of sulfone groups is 1. The first kappa shape index (κ1) is 21.9. The quantitative estimate of drug-likeness (QED) is 0.605. The molecule has 33 heavy (non-hydrogen) atoms. The van der Waals surface area contributed by atoms with E-state index in [1.807, 2.05) is 0 Å². The molecule has 3 aromatic rings. The average Bonchev–Trinajstić information content (AvgIpc) is 3.46. The molecule has 1 aliphatic heterocycles. The van der Waals surface area contributed by atoms with Crippen molar-refractivity contribution in [2.75, 3.05) is 16.8 Å². The Labute approximate surface area is 187 Å². The van der Waals surface area contributed by atoms with Gasteiger partial charge in [0.25, 0.3) is 5.91 Å². The molecule has 0 radical (unpaired) electrons. The third-order valence-corrected chi connectivity index (χ3v) is 7.85. The molecule has 1 unspecified atom stereocenters. The molecule has 3 heterocycles. The number of carbonyl (C=O) groups is 1. The lowest BCUT2D eigenvalue weighted by Crippen LogP contribution is -2.16. The van der Waals surface area contributed by atoms with E-state index in [9.17, 15) is 26.4 Å². The van der Waals surface area contributed by atoms with Gasteiger partial charge in [-0.05, 0) is 50.5 Å². The van der Waals surface area contributed by atoms with Crippen LogP contribution in [-0.2, 0) is 16.0 Å². The first-order chi connectivity index (χ1) is 15.5. The molecule has 1 saturated heterocycles. The zero-order valence-corrected chi connectivity index (χ0v) is 18.5. The van der Waals surface area contributed by atoms with Crippen LogP contribution in [0.25, 0.3) is 11.0 Å². The fourth-order valence-electron chi connectivity index (χ4n) is 4.29. The van der Waals surface area contributed by atoms with Gasteiger partial charge in [-0.25, -0.2) is 18.1 Å². The van der Waals surface area contributed by atoms with E-state index in [0.29, 0.717) is 28.8 Å². The minimum Gasteiger partial charge on any atom is -0.322 e. The van der Waals surface area contributed by atoms with Crippen LogP contribution in [0.1, 0.15) is 58.5 Å². The number of alkyl halides is 3. The summed E-state index contributed by atoms with van der Waals surface area (Å²) in [6.45, 7) is 1.71. The van der Waals surface area contributed by atoms with Crippen LogP contribution in [0.5, 0.6) is 0 Å². The number of nitrogens with zero attached hydrogens (tertiary/aromatic N) is 3. The number of aryl methyl sites for hydroxylation is 1. The van der Waals surface area contributed by atoms with E-state index in [1.165, 1.54) is 12.1 Å². The summed E-state index contributed by atoms with van der Waals surface area (Å²) in [5, 5.41) is 7.56. The van der Waals surface area contributed by atoms with Crippen molar-refractivity contribution < 1.29 is 26.4 Å². The van der Waals surface area contributed by atoms with E-state index in [1.54, 1.807) is 17.7 Å². The van der Waals surface area contributed by atoms with E-state index < -0.39 is 27.5 Å². The number of hydrogen-bond acceptors (Lipinski definition) is 5. The second kappa shape index (κ2) is 7.54. The topological polar surface area (TPSA) is 93.9 Å². The van der Waals surface area contributed by atoms with Crippen LogP contribution in [0.2, 0.25) is 0 Å². The summed E-state index contributed by atoms with van der Waals surface area (Å²) >= 11 is 0. The molecule has 1 amide bonds. The van der Waals surface area contributed by atoms with E-state index in [-0.39, 0.29) is 34.7 Å². The molecule has 1 aliphatic carbocycles. The van der Waals surface area contributed by atoms with E-state index in [4.69, 9.17) is 4.98 Å². The summed E-state index contributed by atoms with van der Waals surface area (Å²) in [4.78, 5) is 17.9. The van der Waals surface area contributed by atoms with Crippen molar-refractivity contribution in [2.24, 2.45) is 0 Å². The molecule has 7 nitrogen and oxygen atoms in total. The monoisotopic (exact) mass is 478 g/mol. The largest absolute Gasteiger partial charge is 0.416 e. The van der Waals surface area contributed by atoms with Crippen molar-refractivity contribution in [1.82, 2.24) is 14.8 Å². The van der Waals surface area contributed by atoms with Crippen molar-refractivity contribution in [2.45, 2.75) is 44.3 Å². The number of benzene rings is 1. The first-order valence-corrected chi connectivity index (χ1v) is 12.4. The second-order valence-electron chi connectivity index (χ2n) is 8.69. The summed E-state index contributed by atoms with van der Waals surface area (Å²) < 4.78 is 64.8. The van der Waals surface area contributed by atoms with E-state index >= 15 is 0 Å². The Morgan fingerprint density at radius 2 is 1.94 bits per heavy atom. The number of aromatic nitrogens is 3. The highest BCUT2D eigenvalue weighted by Crippen LogP contribution is 2.41. The number of amides is 1. The predicted octanol–water partition coefficient (Wildman–Crippen LogP) is 4.25. The van der Waals surface area contributed by atoms with Crippen LogP contribution in [0.4, 0.5) is 18.9 Å². The van der Waals surface area contributed by atoms with Gasteiger partial charge in [-0.15, -0.1) is 0 Å². The molecule has 2 fully saturated rings. The third-order valence-electron chi connectivity index (χ3n) is 6.10. The molecule has 0 spiro atoms. The normalized spacial score (nSPS) is 20.3. The van der Waals surface area contributed by atoms with Gasteiger partial charge in [0, 0.05) is 17.3 Å². The molecule has 1 saturated carbocycles. The van der Waals surface area contributed by atoms with Gasteiger partial charge in [0.05, 0.1) is 39.8 Å². The fourth-order valence-corrected chi connectivity index (χ4v) is 5.99. The van der Waals surface area contributed by atoms with Gasteiger partial charge >= 0.3 is 6.18 Å². The second-order valence-corrected chi connectivity index (χ2v) is 10.9. The zero-order valence-electron chi connectivity index (χ0n) is 17.7. The Morgan fingerprint density at radius 3 is 2.58 bits per heavy atom. The van der Waals surface area contributed by atoms with Crippen LogP contribution < -0.4 is 5.32 Å². The maximum absolute atomic E-state index is 13.2. The summed E-state index contributed by atoms with van der Waals surface area (Å²) in [6, 6.07) is 5.76. The van der Waals surface area contributed by atoms with Gasteiger partial charge in [-0.3, -0.25) is 4.79 Å². The number of hydrogen-bond donors (Lipinski definition) is 1. The van der Waals surface area contributed by atoms with Gasteiger partial charge in [-0.2, -0.15) is 18.3 Å². The van der Waals surface area contributed by atoms with Crippen LogP contribution in [-0.4, -0.2) is 40.6 Å². The van der Waals surface area contributed by atoms with Gasteiger partial charge in [-0.1, -0.05) is 6.07 Å². The highest BCUT2D eigenvalue weighted by molar-refractivity contribution is 7.91. The lowest BCUT2D eigenvalue weighted by atomic mass is 10.1. The minimum absolute atomic E-state index is 0.0275. The Morgan fingerprint density at radius 1 is 1.18 bits per heavy atom. The summed E-state index contributed by atoms with van der Waals surface area (Å²) in [5.41, 5.74) is 1.10. The van der Waals surface area contributed by atoms with Crippen molar-refractivity contribution >= 4 is 32.5 Å². The lowest BCUT2D eigenvalue weighted by molar-refractivity contribution is -0.137. The van der Waals surface area contributed by atoms with Gasteiger partial charge in [0.2, 0.25) is 0 Å². The summed E-state index contributed by atoms with van der Waals surface area (Å²) in [6.07, 6.45) is -2.25. The van der Waals surface area contributed by atoms with Gasteiger partial charge < -0.3 is 5.32 Å². The average molecular weight is 478 g/mol. The Kier molecular flexibility index (Phi) is 5.00. The Balaban J connectivity index is 1.57. The maximum atomic E-state index is 13.2. The van der Waals surface area contributed by atoms with E-state index in [0.717, 1.165) is 25.0 Å². The summed E-state index contributed by atoms with van der Waals surface area (Å²) in [5.74, 6) is -0.330. The molecule has 2 aromatic heterocycles. The highest BCUT2D eigenvalue weighted by Gasteiger charge is 2.34. The van der Waals surface area contributed by atoms with Crippen molar-refractivity contribution in [3.05, 3.63) is 52.8 Å². The van der Waals surface area contributed by atoms with E-state index in [2.05, 4.69) is 10.4 Å². The number of anilines is 1. The number of pyridine rings is 1. The Hall–Kier alpha value is -2.95. The first-order valence-electron chi connectivity index (χ1n) is 10.6. The van der Waals surface area contributed by atoms with Crippen molar-refractivity contribution in [3.63, 3.8) is 0 Å². The Bertz CT molecular complexity index is 1380. The maximum Gasteiger partial charge on any atom is 0.416 e. The lowest BCUT2D eigenvalue weighted by Gasteiger charge is -2.13. The van der Waals surface area contributed by atoms with Gasteiger partial charge in [0.1, 0.15) is 0 Å². The number of carbonyl (C=O) groups excluding carboxylic acids is 1. The standard InChI is InChI=1S/C22H21F3N4O3S/c1-12-19-17(21(30)26-15-4-2-3-14(9-15)22(23,24)25)10-18(13-5-6-13)27-20(19)29(28-12)16-7-8-33(31,32)11-16/h2-4,9-10,13,16H,5-8,11H2,1H3,(H,26,30). The fraction of sp³-hybridized carbons (Fsp3) is 0.409. The SMILES string of the molecule is Cc1nn(C2CCS(=O)(=O)C2)c2nc(C3CC3)cc(C(=O)Nc3cccc(C(F)(F)F)c3)c12. The van der Waals surface area contributed by atoms with Crippen LogP contribution in [0, 0.1) is 6.92 Å². The van der Waals surface area contributed by atoms with Crippen LogP contribution in [0.15, 0.2) is 30.3 Å². The molecule has 1 atom stereocenters. The van der Waals surface area contributed by atoms with Crippen molar-refractivity contribution in [1.29, 1.82) is 0 Å². The molecule has 2 aliphatic rings.